The smallest absolute Gasteiger partial charge is 0.0611 e. The minimum Gasteiger partial charge on any atom is -0.411 e. The third kappa shape index (κ3) is 2.50. The minimum atomic E-state index is -0.223. The van der Waals surface area contributed by atoms with E-state index in [1.807, 2.05) is 0 Å². The van der Waals surface area contributed by atoms with Crippen LogP contribution in [-0.2, 0) is 0 Å². The van der Waals surface area contributed by atoms with Gasteiger partial charge in [0.15, 0.2) is 0 Å². The summed E-state index contributed by atoms with van der Waals surface area (Å²) in [7, 11) is 2.19. The molecule has 1 heterocycles. The van der Waals surface area contributed by atoms with Crippen molar-refractivity contribution in [2.24, 2.45) is 28.3 Å². The van der Waals surface area contributed by atoms with E-state index in [-0.39, 0.29) is 11.5 Å². The van der Waals surface area contributed by atoms with Gasteiger partial charge in [0, 0.05) is 11.3 Å². The van der Waals surface area contributed by atoms with Crippen molar-refractivity contribution >= 4 is 5.71 Å². The lowest BCUT2D eigenvalue weighted by Gasteiger charge is -2.49. The van der Waals surface area contributed by atoms with E-state index in [1.54, 1.807) is 0 Å². The van der Waals surface area contributed by atoms with Crippen molar-refractivity contribution < 1.29 is 10.3 Å². The maximum Gasteiger partial charge on any atom is 0.0611 e. The molecule has 5 atom stereocenters. The van der Waals surface area contributed by atoms with E-state index in [0.29, 0.717) is 17.8 Å². The molecule has 3 rings (SSSR count). The van der Waals surface area contributed by atoms with Gasteiger partial charge in [-0.2, -0.15) is 0 Å². The lowest BCUT2D eigenvalue weighted by molar-refractivity contribution is -0.0844. The Hall–Kier alpha value is -0.610. The van der Waals surface area contributed by atoms with Crippen LogP contribution in [0.25, 0.3) is 0 Å². The van der Waals surface area contributed by atoms with Gasteiger partial charge < -0.3 is 15.2 Å². The van der Waals surface area contributed by atoms with Gasteiger partial charge in [0.05, 0.1) is 11.8 Å². The Morgan fingerprint density at radius 3 is 2.76 bits per heavy atom. The van der Waals surface area contributed by atoms with Gasteiger partial charge in [-0.05, 0) is 76.9 Å². The number of oxime groups is 1. The summed E-state index contributed by atoms with van der Waals surface area (Å²) in [6.07, 6.45) is 7.21. The fraction of sp³-hybridized carbons (Fsp3) is 0.941. The minimum absolute atomic E-state index is 0.0146. The number of aliphatic hydroxyl groups excluding tert-OH is 1. The zero-order valence-corrected chi connectivity index (χ0v) is 13.5. The molecule has 0 bridgehead atoms. The van der Waals surface area contributed by atoms with Crippen LogP contribution < -0.4 is 0 Å². The number of hydrogen-bond donors (Lipinski definition) is 2. The highest BCUT2D eigenvalue weighted by molar-refractivity contribution is 5.90. The van der Waals surface area contributed by atoms with E-state index in [2.05, 4.69) is 24.0 Å². The van der Waals surface area contributed by atoms with Crippen LogP contribution in [0.2, 0.25) is 0 Å². The monoisotopic (exact) mass is 294 g/mol. The quantitative estimate of drug-likeness (QED) is 0.533. The van der Waals surface area contributed by atoms with Crippen LogP contribution in [-0.4, -0.2) is 47.2 Å². The molecule has 1 saturated heterocycles. The summed E-state index contributed by atoms with van der Waals surface area (Å²) in [5.74, 6) is 1.39. The molecule has 21 heavy (non-hydrogen) atoms. The van der Waals surface area contributed by atoms with Crippen LogP contribution in [0.4, 0.5) is 0 Å². The van der Waals surface area contributed by atoms with E-state index in [1.165, 1.54) is 6.42 Å². The van der Waals surface area contributed by atoms with E-state index in [4.69, 9.17) is 0 Å². The predicted octanol–water partition coefficient (Wildman–Crippen LogP) is 2.74. The van der Waals surface area contributed by atoms with E-state index < -0.39 is 0 Å². The Kier molecular flexibility index (Phi) is 4.28. The van der Waals surface area contributed by atoms with Gasteiger partial charge in [-0.1, -0.05) is 12.1 Å². The first kappa shape index (κ1) is 15.3. The molecule has 3 aliphatic rings. The average Bonchev–Trinajstić information content (AvgIpc) is 2.76. The molecule has 2 aliphatic carbocycles. The molecule has 1 spiro atoms. The average molecular weight is 294 g/mol. The fourth-order valence-electron chi connectivity index (χ4n) is 5.59. The van der Waals surface area contributed by atoms with Gasteiger partial charge in [-0.3, -0.25) is 0 Å². The summed E-state index contributed by atoms with van der Waals surface area (Å²) in [6, 6.07) is 0. The van der Waals surface area contributed by atoms with Crippen molar-refractivity contribution in [1.82, 2.24) is 4.90 Å². The second-order valence-electron chi connectivity index (χ2n) is 7.80. The molecular formula is C17H30N2O2. The third-order valence-electron chi connectivity index (χ3n) is 6.51. The molecule has 4 heteroatoms. The van der Waals surface area contributed by atoms with Crippen LogP contribution in [0.3, 0.4) is 0 Å². The molecule has 1 aliphatic heterocycles. The lowest BCUT2D eigenvalue weighted by Crippen LogP contribution is -2.48. The van der Waals surface area contributed by atoms with Gasteiger partial charge in [0.2, 0.25) is 0 Å². The maximum atomic E-state index is 11.0. The molecule has 0 aromatic heterocycles. The molecule has 0 unspecified atom stereocenters. The van der Waals surface area contributed by atoms with Crippen molar-refractivity contribution in [1.29, 1.82) is 0 Å². The Bertz CT molecular complexity index is 412. The molecule has 0 aromatic carbocycles. The SMILES string of the molecule is C[C@@H]1C[C@H]2C/C(=N\O)[C@H]3CCCN(C)CCC[C@]23[C@@H](O)C1. The first-order valence-electron chi connectivity index (χ1n) is 8.65. The molecule has 0 aromatic rings. The van der Waals surface area contributed by atoms with Gasteiger partial charge in [-0.25, -0.2) is 0 Å². The van der Waals surface area contributed by atoms with Crippen LogP contribution in [0.15, 0.2) is 5.16 Å². The van der Waals surface area contributed by atoms with Crippen LogP contribution in [0.1, 0.15) is 51.9 Å². The Labute approximate surface area is 128 Å². The second-order valence-corrected chi connectivity index (χ2v) is 7.80. The van der Waals surface area contributed by atoms with Crippen molar-refractivity contribution in [3.63, 3.8) is 0 Å². The largest absolute Gasteiger partial charge is 0.411 e. The summed E-state index contributed by atoms with van der Waals surface area (Å²) < 4.78 is 0. The normalized spacial score (nSPS) is 47.3. The number of nitrogens with zero attached hydrogens (tertiary/aromatic N) is 2. The van der Waals surface area contributed by atoms with Crippen molar-refractivity contribution in [3.8, 4) is 0 Å². The highest BCUT2D eigenvalue weighted by atomic mass is 16.4. The Morgan fingerprint density at radius 2 is 2.00 bits per heavy atom. The molecular weight excluding hydrogens is 264 g/mol. The molecule has 120 valence electrons. The second kappa shape index (κ2) is 5.88. The van der Waals surface area contributed by atoms with Gasteiger partial charge in [0.25, 0.3) is 0 Å². The van der Waals surface area contributed by atoms with Crippen LogP contribution >= 0.6 is 0 Å². The summed E-state index contributed by atoms with van der Waals surface area (Å²) in [5, 5.41) is 24.1. The van der Waals surface area contributed by atoms with E-state index in [9.17, 15) is 10.3 Å². The van der Waals surface area contributed by atoms with Gasteiger partial charge >= 0.3 is 0 Å². The third-order valence-corrected chi connectivity index (χ3v) is 6.51. The molecule has 0 amide bonds. The van der Waals surface area contributed by atoms with Gasteiger partial charge in [0.1, 0.15) is 0 Å². The first-order chi connectivity index (χ1) is 10.1. The summed E-state index contributed by atoms with van der Waals surface area (Å²) in [5.41, 5.74) is 0.955. The van der Waals surface area contributed by atoms with Crippen LogP contribution in [0.5, 0.6) is 0 Å². The van der Waals surface area contributed by atoms with Crippen molar-refractivity contribution in [2.45, 2.75) is 58.0 Å². The van der Waals surface area contributed by atoms with Crippen molar-refractivity contribution in [3.05, 3.63) is 0 Å². The molecule has 2 saturated carbocycles. The topological polar surface area (TPSA) is 56.1 Å². The number of aliphatic hydroxyl groups is 1. The standard InChI is InChI=1S/C17H30N2O2/c1-12-9-13-11-15(18-21)14-5-3-7-19(2)8-4-6-17(13,14)16(20)10-12/h12-14,16,20-21H,3-11H2,1-2H3/b18-15+/t12-,13+,14-,16+,17+/m1/s1. The summed E-state index contributed by atoms with van der Waals surface area (Å²) in [6.45, 7) is 4.49. The molecule has 4 nitrogen and oxygen atoms in total. The zero-order valence-electron chi connectivity index (χ0n) is 13.5. The Morgan fingerprint density at radius 1 is 1.24 bits per heavy atom. The summed E-state index contributed by atoms with van der Waals surface area (Å²) in [4.78, 5) is 2.40. The van der Waals surface area contributed by atoms with E-state index >= 15 is 0 Å². The maximum absolute atomic E-state index is 11.0. The lowest BCUT2D eigenvalue weighted by atomic mass is 9.57. The highest BCUT2D eigenvalue weighted by Crippen LogP contribution is 2.59. The first-order valence-corrected chi connectivity index (χ1v) is 8.65. The Balaban J connectivity index is 1.95. The zero-order chi connectivity index (χ0) is 15.0. The fourth-order valence-corrected chi connectivity index (χ4v) is 5.59. The van der Waals surface area contributed by atoms with Crippen LogP contribution in [0, 0.1) is 23.2 Å². The van der Waals surface area contributed by atoms with E-state index in [0.717, 1.165) is 57.3 Å². The highest BCUT2D eigenvalue weighted by Gasteiger charge is 2.58. The van der Waals surface area contributed by atoms with Crippen molar-refractivity contribution in [2.75, 3.05) is 20.1 Å². The summed E-state index contributed by atoms with van der Waals surface area (Å²) >= 11 is 0. The van der Waals surface area contributed by atoms with Gasteiger partial charge in [-0.15, -0.1) is 0 Å². The molecule has 2 N–H and O–H groups in total. The molecule has 0 radical (unpaired) electrons. The number of hydrogen-bond acceptors (Lipinski definition) is 4. The predicted molar refractivity (Wildman–Crippen MR) is 83.6 cm³/mol. The number of rotatable bonds is 0. The molecule has 3 fully saturated rings.